The Hall–Kier alpha value is -2.25. The molecule has 0 radical (unpaired) electrons. The smallest absolute Gasteiger partial charge is 0.333 e. The van der Waals surface area contributed by atoms with E-state index >= 15 is 0 Å². The van der Waals surface area contributed by atoms with E-state index in [1.165, 1.54) is 4.80 Å². The van der Waals surface area contributed by atoms with Gasteiger partial charge in [-0.15, -0.1) is 15.0 Å². The zero-order chi connectivity index (χ0) is 13.5. The molecule has 1 fully saturated rings. The molecule has 1 aliphatic carbocycles. The van der Waals surface area contributed by atoms with Crippen molar-refractivity contribution >= 4 is 5.97 Å². The molecule has 0 aliphatic heterocycles. The summed E-state index contributed by atoms with van der Waals surface area (Å²) in [7, 11) is 1.80. The first-order valence-corrected chi connectivity index (χ1v) is 6.15. The number of aryl methyl sites for hydroxylation is 1. The van der Waals surface area contributed by atoms with Crippen LogP contribution in [-0.2, 0) is 17.4 Å². The maximum absolute atomic E-state index is 11.5. The molecule has 2 heterocycles. The second-order valence-corrected chi connectivity index (χ2v) is 4.85. The number of carbonyl (C=O) groups is 1. The van der Waals surface area contributed by atoms with Crippen molar-refractivity contribution in [2.24, 2.45) is 7.05 Å². The summed E-state index contributed by atoms with van der Waals surface area (Å²) in [5.74, 6) is -0.485. The molecule has 2 aromatic heterocycles. The number of tetrazole rings is 1. The summed E-state index contributed by atoms with van der Waals surface area (Å²) in [5.41, 5.74) is -0.305. The minimum Gasteiger partial charge on any atom is -0.479 e. The lowest BCUT2D eigenvalue weighted by Gasteiger charge is -2.21. The largest absolute Gasteiger partial charge is 0.479 e. The summed E-state index contributed by atoms with van der Waals surface area (Å²) in [5, 5.41) is 25.6. The molecule has 8 nitrogen and oxygen atoms in total. The van der Waals surface area contributed by atoms with E-state index in [0.717, 1.165) is 18.4 Å². The van der Waals surface area contributed by atoms with Crippen molar-refractivity contribution in [3.05, 3.63) is 12.4 Å². The SMILES string of the molecule is Cn1cc(-c2nnn(C3(C(=O)O)CCCC3)n2)cn1. The number of carboxylic acids is 1. The van der Waals surface area contributed by atoms with Crippen LogP contribution in [0, 0.1) is 0 Å². The molecule has 3 rings (SSSR count). The third-order valence-corrected chi connectivity index (χ3v) is 3.59. The fourth-order valence-corrected chi connectivity index (χ4v) is 2.51. The first kappa shape index (κ1) is 11.8. The molecule has 1 aliphatic rings. The molecule has 19 heavy (non-hydrogen) atoms. The van der Waals surface area contributed by atoms with Gasteiger partial charge >= 0.3 is 5.97 Å². The Kier molecular flexibility index (Phi) is 2.58. The van der Waals surface area contributed by atoms with Gasteiger partial charge in [0.1, 0.15) is 0 Å². The third kappa shape index (κ3) is 1.79. The van der Waals surface area contributed by atoms with Gasteiger partial charge in [-0.3, -0.25) is 4.68 Å². The molecular weight excluding hydrogens is 248 g/mol. The van der Waals surface area contributed by atoms with Crippen LogP contribution in [0.3, 0.4) is 0 Å². The topological polar surface area (TPSA) is 98.7 Å². The molecule has 0 saturated heterocycles. The predicted octanol–water partition coefficient (Wildman–Crippen LogP) is 0.427. The van der Waals surface area contributed by atoms with Crippen LogP contribution in [0.25, 0.3) is 11.4 Å². The lowest BCUT2D eigenvalue weighted by Crippen LogP contribution is -2.41. The van der Waals surface area contributed by atoms with Crippen molar-refractivity contribution in [2.45, 2.75) is 31.2 Å². The Bertz CT molecular complexity index is 610. The second-order valence-electron chi connectivity index (χ2n) is 4.85. The van der Waals surface area contributed by atoms with Crippen LogP contribution in [0.4, 0.5) is 0 Å². The number of nitrogens with zero attached hydrogens (tertiary/aromatic N) is 6. The maximum atomic E-state index is 11.5. The van der Waals surface area contributed by atoms with E-state index in [1.807, 2.05) is 0 Å². The van der Waals surface area contributed by atoms with Crippen LogP contribution in [0.1, 0.15) is 25.7 Å². The Morgan fingerprint density at radius 1 is 1.42 bits per heavy atom. The van der Waals surface area contributed by atoms with Crippen LogP contribution in [0.15, 0.2) is 12.4 Å². The van der Waals surface area contributed by atoms with Gasteiger partial charge in [-0.2, -0.15) is 5.10 Å². The number of hydrogen-bond donors (Lipinski definition) is 1. The minimum absolute atomic E-state index is 0.403. The van der Waals surface area contributed by atoms with E-state index in [2.05, 4.69) is 20.5 Å². The Morgan fingerprint density at radius 2 is 2.16 bits per heavy atom. The maximum Gasteiger partial charge on any atom is 0.333 e. The highest BCUT2D eigenvalue weighted by atomic mass is 16.4. The summed E-state index contributed by atoms with van der Waals surface area (Å²) in [6.07, 6.45) is 6.23. The monoisotopic (exact) mass is 262 g/mol. The van der Waals surface area contributed by atoms with Gasteiger partial charge in [0.25, 0.3) is 0 Å². The van der Waals surface area contributed by atoms with Gasteiger partial charge in [0.05, 0.1) is 11.8 Å². The average molecular weight is 262 g/mol. The fourth-order valence-electron chi connectivity index (χ4n) is 2.51. The van der Waals surface area contributed by atoms with Crippen LogP contribution in [0.5, 0.6) is 0 Å². The van der Waals surface area contributed by atoms with E-state index in [-0.39, 0.29) is 0 Å². The fraction of sp³-hybridized carbons (Fsp3) is 0.545. The zero-order valence-corrected chi connectivity index (χ0v) is 10.5. The Morgan fingerprint density at radius 3 is 2.74 bits per heavy atom. The molecule has 1 N–H and O–H groups in total. The Labute approximate surface area is 109 Å². The van der Waals surface area contributed by atoms with Crippen LogP contribution < -0.4 is 0 Å². The molecule has 0 atom stereocenters. The lowest BCUT2D eigenvalue weighted by molar-refractivity contribution is -0.148. The van der Waals surface area contributed by atoms with E-state index in [9.17, 15) is 9.90 Å². The van der Waals surface area contributed by atoms with Gasteiger partial charge in [-0.1, -0.05) is 12.8 Å². The van der Waals surface area contributed by atoms with Crippen LogP contribution in [0.2, 0.25) is 0 Å². The lowest BCUT2D eigenvalue weighted by atomic mass is 9.99. The summed E-state index contributed by atoms with van der Waals surface area (Å²) >= 11 is 0. The minimum atomic E-state index is -1.03. The first-order valence-electron chi connectivity index (χ1n) is 6.15. The van der Waals surface area contributed by atoms with Crippen molar-refractivity contribution in [3.63, 3.8) is 0 Å². The molecule has 100 valence electrons. The summed E-state index contributed by atoms with van der Waals surface area (Å²) in [4.78, 5) is 12.8. The highest BCUT2D eigenvalue weighted by molar-refractivity contribution is 5.76. The van der Waals surface area contributed by atoms with Gasteiger partial charge in [0.2, 0.25) is 5.82 Å². The summed E-state index contributed by atoms with van der Waals surface area (Å²) in [6.45, 7) is 0. The van der Waals surface area contributed by atoms with Gasteiger partial charge in [-0.05, 0) is 18.1 Å². The molecule has 0 bridgehead atoms. The van der Waals surface area contributed by atoms with Crippen LogP contribution >= 0.6 is 0 Å². The molecule has 0 aromatic carbocycles. The average Bonchev–Trinajstić information content (AvgIpc) is 3.08. The highest BCUT2D eigenvalue weighted by Crippen LogP contribution is 2.35. The van der Waals surface area contributed by atoms with E-state index in [0.29, 0.717) is 18.7 Å². The number of carboxylic acid groups (broad SMARTS) is 1. The number of aromatic nitrogens is 6. The van der Waals surface area contributed by atoms with Gasteiger partial charge in [-0.25, -0.2) is 4.79 Å². The quantitative estimate of drug-likeness (QED) is 0.861. The number of rotatable bonds is 3. The van der Waals surface area contributed by atoms with Gasteiger partial charge in [0, 0.05) is 13.2 Å². The number of aliphatic carboxylic acids is 1. The molecule has 0 unspecified atom stereocenters. The van der Waals surface area contributed by atoms with Crippen molar-refractivity contribution in [3.8, 4) is 11.4 Å². The molecule has 0 spiro atoms. The zero-order valence-electron chi connectivity index (χ0n) is 10.5. The molecule has 1 saturated carbocycles. The van der Waals surface area contributed by atoms with E-state index < -0.39 is 11.5 Å². The number of hydrogen-bond acceptors (Lipinski definition) is 5. The van der Waals surface area contributed by atoms with E-state index in [4.69, 9.17) is 0 Å². The summed E-state index contributed by atoms with van der Waals surface area (Å²) in [6, 6.07) is 0. The van der Waals surface area contributed by atoms with Crippen molar-refractivity contribution in [1.29, 1.82) is 0 Å². The Balaban J connectivity index is 1.98. The predicted molar refractivity (Wildman–Crippen MR) is 64.1 cm³/mol. The van der Waals surface area contributed by atoms with E-state index in [1.54, 1.807) is 24.1 Å². The molecular formula is C11H14N6O2. The molecule has 2 aromatic rings. The van der Waals surface area contributed by atoms with Crippen molar-refractivity contribution < 1.29 is 9.90 Å². The third-order valence-electron chi connectivity index (χ3n) is 3.59. The molecule has 8 heteroatoms. The van der Waals surface area contributed by atoms with Gasteiger partial charge < -0.3 is 5.11 Å². The normalized spacial score (nSPS) is 17.7. The van der Waals surface area contributed by atoms with Gasteiger partial charge in [0.15, 0.2) is 5.54 Å². The first-order chi connectivity index (χ1) is 9.12. The molecule has 0 amide bonds. The van der Waals surface area contributed by atoms with Crippen LogP contribution in [-0.4, -0.2) is 41.1 Å². The highest BCUT2D eigenvalue weighted by Gasteiger charge is 2.45. The standard InChI is InChI=1S/C11H14N6O2/c1-16-7-8(6-12-16)9-13-15-17(14-9)11(10(18)19)4-2-3-5-11/h6-7H,2-5H2,1H3,(H,18,19). The summed E-state index contributed by atoms with van der Waals surface area (Å²) < 4.78 is 1.64. The second kappa shape index (κ2) is 4.15. The van der Waals surface area contributed by atoms with Crippen molar-refractivity contribution in [1.82, 2.24) is 30.0 Å². The van der Waals surface area contributed by atoms with Crippen molar-refractivity contribution in [2.75, 3.05) is 0 Å².